The van der Waals surface area contributed by atoms with Crippen molar-refractivity contribution in [3.63, 3.8) is 0 Å². The number of halogens is 1. The number of methoxy groups -OCH3 is 1. The molecular weight excluding hydrogens is 428 g/mol. The molecule has 8 nitrogen and oxygen atoms in total. The van der Waals surface area contributed by atoms with E-state index in [2.05, 4.69) is 20.7 Å². The molecule has 0 atom stereocenters. The minimum atomic E-state index is -4.15. The molecule has 0 aliphatic rings. The highest BCUT2D eigenvalue weighted by atomic mass is 79.9. The van der Waals surface area contributed by atoms with E-state index in [1.165, 1.54) is 24.3 Å². The summed E-state index contributed by atoms with van der Waals surface area (Å²) < 4.78 is 32.2. The number of carbonyl (C=O) groups is 1. The van der Waals surface area contributed by atoms with Gasteiger partial charge in [-0.25, -0.2) is 8.42 Å². The van der Waals surface area contributed by atoms with Gasteiger partial charge in [0, 0.05) is 16.6 Å². The lowest BCUT2D eigenvalue weighted by Gasteiger charge is -2.24. The fourth-order valence-electron chi connectivity index (χ4n) is 2.20. The molecule has 0 fully saturated rings. The number of rotatable bonds is 6. The molecule has 2 aromatic rings. The highest BCUT2D eigenvalue weighted by Gasteiger charge is 2.29. The van der Waals surface area contributed by atoms with Crippen LogP contribution in [-0.2, 0) is 19.6 Å². The Balaban J connectivity index is 2.64. The van der Waals surface area contributed by atoms with Gasteiger partial charge in [-0.3, -0.25) is 19.2 Å². The van der Waals surface area contributed by atoms with Crippen molar-refractivity contribution in [2.24, 2.45) is 0 Å². The fourth-order valence-corrected chi connectivity index (χ4v) is 3.93. The van der Waals surface area contributed by atoms with Crippen molar-refractivity contribution in [2.75, 3.05) is 18.0 Å². The molecule has 0 saturated heterocycles. The molecule has 0 bridgehead atoms. The second-order valence-electron chi connectivity index (χ2n) is 5.27. The van der Waals surface area contributed by atoms with E-state index in [-0.39, 0.29) is 16.3 Å². The third-order valence-corrected chi connectivity index (χ3v) is 5.88. The lowest BCUT2D eigenvalue weighted by atomic mass is 10.2. The largest absolute Gasteiger partial charge is 0.468 e. The Morgan fingerprint density at radius 3 is 2.38 bits per heavy atom. The molecule has 2 rings (SSSR count). The van der Waals surface area contributed by atoms with E-state index in [9.17, 15) is 23.3 Å². The van der Waals surface area contributed by atoms with Gasteiger partial charge in [0.05, 0.1) is 22.6 Å². The van der Waals surface area contributed by atoms with Crippen molar-refractivity contribution < 1.29 is 22.9 Å². The SMILES string of the molecule is COC(=O)CN(c1cc([N+](=O)[O-])ccc1C)S(=O)(=O)c1ccc(Br)cc1. The van der Waals surface area contributed by atoms with Gasteiger partial charge in [0.1, 0.15) is 6.54 Å². The molecular formula is C16H15BrN2O6S. The van der Waals surface area contributed by atoms with Crippen LogP contribution in [0, 0.1) is 17.0 Å². The summed E-state index contributed by atoms with van der Waals surface area (Å²) >= 11 is 3.23. The van der Waals surface area contributed by atoms with Crippen LogP contribution in [0.4, 0.5) is 11.4 Å². The Morgan fingerprint density at radius 1 is 1.23 bits per heavy atom. The third kappa shape index (κ3) is 4.20. The second-order valence-corrected chi connectivity index (χ2v) is 8.05. The summed E-state index contributed by atoms with van der Waals surface area (Å²) in [6, 6.07) is 9.64. The number of nitrogens with zero attached hydrogens (tertiary/aromatic N) is 2. The van der Waals surface area contributed by atoms with Crippen LogP contribution >= 0.6 is 15.9 Å². The molecule has 0 heterocycles. The highest BCUT2D eigenvalue weighted by Crippen LogP contribution is 2.30. The summed E-state index contributed by atoms with van der Waals surface area (Å²) in [4.78, 5) is 22.2. The molecule has 138 valence electrons. The summed E-state index contributed by atoms with van der Waals surface area (Å²) in [6.07, 6.45) is 0. The van der Waals surface area contributed by atoms with Gasteiger partial charge in [-0.05, 0) is 36.8 Å². The van der Waals surface area contributed by atoms with Crippen molar-refractivity contribution in [3.8, 4) is 0 Å². The van der Waals surface area contributed by atoms with E-state index in [4.69, 9.17) is 0 Å². The van der Waals surface area contributed by atoms with Crippen LogP contribution in [-0.4, -0.2) is 33.0 Å². The number of ether oxygens (including phenoxy) is 1. The molecule has 0 aliphatic carbocycles. The van der Waals surface area contributed by atoms with E-state index in [0.717, 1.165) is 17.5 Å². The maximum absolute atomic E-state index is 13.1. The monoisotopic (exact) mass is 442 g/mol. The molecule has 0 saturated carbocycles. The highest BCUT2D eigenvalue weighted by molar-refractivity contribution is 9.10. The number of hydrogen-bond acceptors (Lipinski definition) is 6. The van der Waals surface area contributed by atoms with Gasteiger partial charge in [-0.15, -0.1) is 0 Å². The van der Waals surface area contributed by atoms with Gasteiger partial charge < -0.3 is 4.74 Å². The van der Waals surface area contributed by atoms with E-state index in [1.807, 2.05) is 0 Å². The zero-order valence-electron chi connectivity index (χ0n) is 13.9. The average molecular weight is 443 g/mol. The first-order chi connectivity index (χ1) is 12.2. The van der Waals surface area contributed by atoms with Gasteiger partial charge in [0.25, 0.3) is 15.7 Å². The van der Waals surface area contributed by atoms with Gasteiger partial charge in [0.2, 0.25) is 0 Å². The summed E-state index contributed by atoms with van der Waals surface area (Å²) in [5.74, 6) is -0.795. The third-order valence-electron chi connectivity index (χ3n) is 3.57. The number of carbonyl (C=O) groups excluding carboxylic acids is 1. The van der Waals surface area contributed by atoms with Gasteiger partial charge in [-0.1, -0.05) is 22.0 Å². The van der Waals surface area contributed by atoms with Crippen molar-refractivity contribution in [3.05, 3.63) is 62.6 Å². The second kappa shape index (κ2) is 7.83. The Morgan fingerprint density at radius 2 is 1.85 bits per heavy atom. The lowest BCUT2D eigenvalue weighted by molar-refractivity contribution is -0.384. The predicted octanol–water partition coefficient (Wildman–Crippen LogP) is 3.03. The fraction of sp³-hybridized carbons (Fsp3) is 0.188. The standard InChI is InChI=1S/C16H15BrN2O6S/c1-11-3-6-13(19(21)22)9-15(11)18(10-16(20)25-2)26(23,24)14-7-4-12(17)5-8-14/h3-9H,10H2,1-2H3. The summed E-state index contributed by atoms with van der Waals surface area (Å²) in [7, 11) is -3.02. The molecule has 10 heteroatoms. The topological polar surface area (TPSA) is 107 Å². The number of nitro benzene ring substituents is 1. The van der Waals surface area contributed by atoms with Crippen molar-refractivity contribution in [2.45, 2.75) is 11.8 Å². The van der Waals surface area contributed by atoms with Crippen LogP contribution in [0.3, 0.4) is 0 Å². The summed E-state index contributed by atoms with van der Waals surface area (Å²) in [6.45, 7) is 0.983. The number of sulfonamides is 1. The Bertz CT molecular complexity index is 944. The van der Waals surface area contributed by atoms with Crippen molar-refractivity contribution in [1.29, 1.82) is 0 Å². The van der Waals surface area contributed by atoms with Crippen LogP contribution in [0.25, 0.3) is 0 Å². The minimum Gasteiger partial charge on any atom is -0.468 e. The zero-order valence-corrected chi connectivity index (χ0v) is 16.3. The van der Waals surface area contributed by atoms with Crippen LogP contribution in [0.1, 0.15) is 5.56 Å². The first-order valence-corrected chi connectivity index (χ1v) is 9.50. The predicted molar refractivity (Wildman–Crippen MR) is 98.5 cm³/mol. The van der Waals surface area contributed by atoms with Crippen LogP contribution < -0.4 is 4.31 Å². The number of hydrogen-bond donors (Lipinski definition) is 0. The molecule has 0 unspecified atom stereocenters. The molecule has 0 spiro atoms. The molecule has 0 aliphatic heterocycles. The molecule has 0 N–H and O–H groups in total. The number of nitro groups is 1. The normalized spacial score (nSPS) is 11.0. The van der Waals surface area contributed by atoms with E-state index in [1.54, 1.807) is 19.1 Å². The minimum absolute atomic E-state index is 0.0347. The van der Waals surface area contributed by atoms with Crippen LogP contribution in [0.2, 0.25) is 0 Å². The lowest BCUT2D eigenvalue weighted by Crippen LogP contribution is -2.36. The first kappa shape index (κ1) is 19.9. The Labute approximate surface area is 158 Å². The molecule has 26 heavy (non-hydrogen) atoms. The quantitative estimate of drug-likeness (QED) is 0.386. The Hall–Kier alpha value is -2.46. The molecule has 2 aromatic carbocycles. The zero-order chi connectivity index (χ0) is 19.5. The number of anilines is 1. The molecule has 0 amide bonds. The first-order valence-electron chi connectivity index (χ1n) is 7.27. The number of esters is 1. The van der Waals surface area contributed by atoms with Gasteiger partial charge >= 0.3 is 5.97 Å². The number of benzene rings is 2. The maximum Gasteiger partial charge on any atom is 0.326 e. The van der Waals surface area contributed by atoms with Crippen LogP contribution in [0.5, 0.6) is 0 Å². The smallest absolute Gasteiger partial charge is 0.326 e. The Kier molecular flexibility index (Phi) is 5.98. The van der Waals surface area contributed by atoms with E-state index in [0.29, 0.717) is 10.0 Å². The van der Waals surface area contributed by atoms with Crippen molar-refractivity contribution in [1.82, 2.24) is 0 Å². The molecule has 0 radical (unpaired) electrons. The van der Waals surface area contributed by atoms with Crippen molar-refractivity contribution >= 4 is 43.3 Å². The number of non-ortho nitro benzene ring substituents is 1. The van der Waals surface area contributed by atoms with Gasteiger partial charge in [0.15, 0.2) is 0 Å². The maximum atomic E-state index is 13.1. The van der Waals surface area contributed by atoms with Crippen LogP contribution in [0.15, 0.2) is 51.8 Å². The van der Waals surface area contributed by atoms with Gasteiger partial charge in [-0.2, -0.15) is 0 Å². The number of aryl methyl sites for hydroxylation is 1. The van der Waals surface area contributed by atoms with E-state index >= 15 is 0 Å². The molecule has 0 aromatic heterocycles. The average Bonchev–Trinajstić information content (AvgIpc) is 2.60. The summed E-state index contributed by atoms with van der Waals surface area (Å²) in [5.41, 5.74) is 0.208. The summed E-state index contributed by atoms with van der Waals surface area (Å²) in [5, 5.41) is 11.1. The van der Waals surface area contributed by atoms with E-state index < -0.39 is 27.5 Å².